The van der Waals surface area contributed by atoms with Gasteiger partial charge in [-0.15, -0.1) is 0 Å². The summed E-state index contributed by atoms with van der Waals surface area (Å²) in [6, 6.07) is 9.14. The van der Waals surface area contributed by atoms with E-state index in [-0.39, 0.29) is 11.7 Å². The third kappa shape index (κ3) is 2.55. The van der Waals surface area contributed by atoms with Crippen molar-refractivity contribution >= 4 is 22.5 Å². The van der Waals surface area contributed by atoms with Gasteiger partial charge in [-0.05, 0) is 24.3 Å². The molecule has 2 aromatic carbocycles. The molecule has 0 aliphatic heterocycles. The minimum absolute atomic E-state index is 0.269. The Kier molecular flexibility index (Phi) is 3.27. The number of carbonyl (C=O) groups is 1. The molecule has 6 heteroatoms. The molecule has 0 saturated carbocycles. The van der Waals surface area contributed by atoms with Crippen molar-refractivity contribution in [2.24, 2.45) is 0 Å². The summed E-state index contributed by atoms with van der Waals surface area (Å²) in [6.07, 6.45) is 1.68. The van der Waals surface area contributed by atoms with Crippen LogP contribution in [0.5, 0.6) is 5.75 Å². The Hall–Kier alpha value is -2.89. The van der Waals surface area contributed by atoms with E-state index in [9.17, 15) is 9.18 Å². The van der Waals surface area contributed by atoms with E-state index in [2.05, 4.69) is 15.5 Å². The normalized spacial score (nSPS) is 10.6. The number of ether oxygens (including phenoxy) is 1. The third-order valence-corrected chi connectivity index (χ3v) is 3.12. The van der Waals surface area contributed by atoms with Gasteiger partial charge in [-0.2, -0.15) is 5.10 Å². The third-order valence-electron chi connectivity index (χ3n) is 3.12. The molecule has 106 valence electrons. The Morgan fingerprint density at radius 1 is 1.29 bits per heavy atom. The number of aromatic amines is 1. The molecule has 0 saturated heterocycles. The highest BCUT2D eigenvalue weighted by atomic mass is 19.1. The van der Waals surface area contributed by atoms with Crippen LogP contribution in [0.4, 0.5) is 10.1 Å². The largest absolute Gasteiger partial charge is 0.494 e. The number of H-pyrrole nitrogens is 1. The summed E-state index contributed by atoms with van der Waals surface area (Å²) in [6.45, 7) is 0. The lowest BCUT2D eigenvalue weighted by atomic mass is 10.1. The summed E-state index contributed by atoms with van der Waals surface area (Å²) >= 11 is 0. The van der Waals surface area contributed by atoms with Gasteiger partial charge < -0.3 is 10.1 Å². The molecule has 3 aromatic rings. The maximum Gasteiger partial charge on any atom is 0.255 e. The molecule has 21 heavy (non-hydrogen) atoms. The van der Waals surface area contributed by atoms with Crippen LogP contribution in [0, 0.1) is 5.82 Å². The maximum atomic E-state index is 13.1. The molecule has 0 aliphatic rings. The number of hydrogen-bond acceptors (Lipinski definition) is 3. The van der Waals surface area contributed by atoms with Crippen LogP contribution < -0.4 is 10.1 Å². The highest BCUT2D eigenvalue weighted by molar-refractivity contribution is 6.06. The topological polar surface area (TPSA) is 67.0 Å². The molecule has 1 amide bonds. The van der Waals surface area contributed by atoms with Crippen molar-refractivity contribution in [1.29, 1.82) is 0 Å². The Morgan fingerprint density at radius 2 is 2.14 bits per heavy atom. The molecule has 0 unspecified atom stereocenters. The maximum absolute atomic E-state index is 13.1. The Balaban J connectivity index is 1.88. The zero-order valence-electron chi connectivity index (χ0n) is 11.2. The lowest BCUT2D eigenvalue weighted by Crippen LogP contribution is -2.12. The smallest absolute Gasteiger partial charge is 0.255 e. The van der Waals surface area contributed by atoms with Crippen molar-refractivity contribution < 1.29 is 13.9 Å². The van der Waals surface area contributed by atoms with E-state index < -0.39 is 5.82 Å². The Labute approximate surface area is 119 Å². The summed E-state index contributed by atoms with van der Waals surface area (Å²) in [5.41, 5.74) is 1.65. The molecule has 0 atom stereocenters. The monoisotopic (exact) mass is 285 g/mol. The van der Waals surface area contributed by atoms with Crippen molar-refractivity contribution in [3.8, 4) is 5.75 Å². The standard InChI is InChI=1S/C15H12FN3O2/c1-21-14-7-11(16)4-5-12(14)18-15(20)9-2-3-10-8-17-19-13(10)6-9/h2-8H,1H3,(H,17,19)(H,18,20). The van der Waals surface area contributed by atoms with E-state index in [4.69, 9.17) is 4.74 Å². The van der Waals surface area contributed by atoms with Gasteiger partial charge in [0.1, 0.15) is 11.6 Å². The number of halogens is 1. The van der Waals surface area contributed by atoms with Crippen molar-refractivity contribution in [3.05, 3.63) is 54.0 Å². The van der Waals surface area contributed by atoms with Gasteiger partial charge in [-0.3, -0.25) is 9.89 Å². The van der Waals surface area contributed by atoms with Crippen LogP contribution in [0.15, 0.2) is 42.6 Å². The van der Waals surface area contributed by atoms with Crippen LogP contribution in [0.1, 0.15) is 10.4 Å². The molecule has 1 aromatic heterocycles. The van der Waals surface area contributed by atoms with Gasteiger partial charge >= 0.3 is 0 Å². The van der Waals surface area contributed by atoms with Gasteiger partial charge in [-0.1, -0.05) is 6.07 Å². The van der Waals surface area contributed by atoms with Crippen LogP contribution in [0.3, 0.4) is 0 Å². The molecule has 0 radical (unpaired) electrons. The van der Waals surface area contributed by atoms with Crippen molar-refractivity contribution in [2.75, 3.05) is 12.4 Å². The second-order valence-corrected chi connectivity index (χ2v) is 4.47. The lowest BCUT2D eigenvalue weighted by molar-refractivity contribution is 0.102. The number of methoxy groups -OCH3 is 1. The van der Waals surface area contributed by atoms with E-state index >= 15 is 0 Å². The first-order valence-corrected chi connectivity index (χ1v) is 6.25. The molecule has 0 fully saturated rings. The number of aromatic nitrogens is 2. The molecule has 2 N–H and O–H groups in total. The summed E-state index contributed by atoms with van der Waals surface area (Å²) in [5.74, 6) is -0.467. The number of anilines is 1. The first kappa shape index (κ1) is 13.1. The molecule has 0 spiro atoms. The van der Waals surface area contributed by atoms with Crippen molar-refractivity contribution in [3.63, 3.8) is 0 Å². The Morgan fingerprint density at radius 3 is 2.95 bits per heavy atom. The van der Waals surface area contributed by atoms with E-state index in [1.807, 2.05) is 0 Å². The number of benzene rings is 2. The van der Waals surface area contributed by atoms with E-state index in [0.29, 0.717) is 11.3 Å². The lowest BCUT2D eigenvalue weighted by Gasteiger charge is -2.10. The molecule has 0 aliphatic carbocycles. The van der Waals surface area contributed by atoms with Crippen LogP contribution in [0.2, 0.25) is 0 Å². The fourth-order valence-electron chi connectivity index (χ4n) is 2.04. The highest BCUT2D eigenvalue weighted by Crippen LogP contribution is 2.25. The first-order chi connectivity index (χ1) is 10.2. The second-order valence-electron chi connectivity index (χ2n) is 4.47. The number of amides is 1. The van der Waals surface area contributed by atoms with Gasteiger partial charge in [0, 0.05) is 17.0 Å². The zero-order chi connectivity index (χ0) is 14.8. The quantitative estimate of drug-likeness (QED) is 0.777. The van der Waals surface area contributed by atoms with Crippen molar-refractivity contribution in [2.45, 2.75) is 0 Å². The zero-order valence-corrected chi connectivity index (χ0v) is 11.2. The van der Waals surface area contributed by atoms with Gasteiger partial charge in [-0.25, -0.2) is 4.39 Å². The van der Waals surface area contributed by atoms with Crippen LogP contribution in [0.25, 0.3) is 10.9 Å². The van der Waals surface area contributed by atoms with E-state index in [1.54, 1.807) is 24.4 Å². The molecule has 3 rings (SSSR count). The minimum Gasteiger partial charge on any atom is -0.494 e. The number of nitrogens with zero attached hydrogens (tertiary/aromatic N) is 1. The predicted octanol–water partition coefficient (Wildman–Crippen LogP) is 2.96. The van der Waals surface area contributed by atoms with Crippen LogP contribution in [-0.2, 0) is 0 Å². The van der Waals surface area contributed by atoms with Gasteiger partial charge in [0.15, 0.2) is 0 Å². The summed E-state index contributed by atoms with van der Waals surface area (Å²) < 4.78 is 18.2. The van der Waals surface area contributed by atoms with Gasteiger partial charge in [0.05, 0.1) is 24.5 Å². The summed E-state index contributed by atoms with van der Waals surface area (Å²) in [5, 5.41) is 10.3. The predicted molar refractivity (Wildman–Crippen MR) is 77.0 cm³/mol. The number of fused-ring (bicyclic) bond motifs is 1. The van der Waals surface area contributed by atoms with Gasteiger partial charge in [0.2, 0.25) is 0 Å². The average Bonchev–Trinajstić information content (AvgIpc) is 2.96. The molecule has 0 bridgehead atoms. The molecular weight excluding hydrogens is 273 g/mol. The summed E-state index contributed by atoms with van der Waals surface area (Å²) in [4.78, 5) is 12.2. The van der Waals surface area contributed by atoms with Crippen LogP contribution in [-0.4, -0.2) is 23.2 Å². The number of hydrogen-bond donors (Lipinski definition) is 2. The fourth-order valence-corrected chi connectivity index (χ4v) is 2.04. The first-order valence-electron chi connectivity index (χ1n) is 6.25. The average molecular weight is 285 g/mol. The second kappa shape index (κ2) is 5.24. The number of nitrogens with one attached hydrogen (secondary N) is 2. The van der Waals surface area contributed by atoms with E-state index in [0.717, 1.165) is 10.9 Å². The summed E-state index contributed by atoms with van der Waals surface area (Å²) in [7, 11) is 1.42. The SMILES string of the molecule is COc1cc(F)ccc1NC(=O)c1ccc2cn[nH]c2c1. The van der Waals surface area contributed by atoms with Crippen molar-refractivity contribution in [1.82, 2.24) is 10.2 Å². The number of rotatable bonds is 3. The minimum atomic E-state index is -0.427. The number of carbonyl (C=O) groups excluding carboxylic acids is 1. The molecular formula is C15H12FN3O2. The molecule has 5 nitrogen and oxygen atoms in total. The van der Waals surface area contributed by atoms with Gasteiger partial charge in [0.25, 0.3) is 5.91 Å². The molecule has 1 heterocycles. The van der Waals surface area contributed by atoms with Crippen LogP contribution >= 0.6 is 0 Å². The van der Waals surface area contributed by atoms with E-state index in [1.165, 1.54) is 25.3 Å². The highest BCUT2D eigenvalue weighted by Gasteiger charge is 2.11. The Bertz CT molecular complexity index is 814. The fraction of sp³-hybridized carbons (Fsp3) is 0.0667.